The maximum atomic E-state index is 12.2. The van der Waals surface area contributed by atoms with Crippen LogP contribution in [0.25, 0.3) is 10.8 Å². The van der Waals surface area contributed by atoms with Crippen molar-refractivity contribution in [3.8, 4) is 0 Å². The third kappa shape index (κ3) is 2.42. The first-order valence-electron chi connectivity index (χ1n) is 7.85. The molecule has 2 aromatic rings. The fourth-order valence-corrected chi connectivity index (χ4v) is 3.18. The van der Waals surface area contributed by atoms with Crippen molar-refractivity contribution in [2.75, 3.05) is 6.61 Å². The van der Waals surface area contributed by atoms with E-state index >= 15 is 0 Å². The largest absolute Gasteiger partial charge is 0.374 e. The summed E-state index contributed by atoms with van der Waals surface area (Å²) in [4.78, 5) is 24.3. The summed E-state index contributed by atoms with van der Waals surface area (Å²) in [7, 11) is 0. The molecule has 23 heavy (non-hydrogen) atoms. The predicted octanol–water partition coefficient (Wildman–Crippen LogP) is 3.70. The van der Waals surface area contributed by atoms with Crippen molar-refractivity contribution in [2.24, 2.45) is 0 Å². The van der Waals surface area contributed by atoms with Gasteiger partial charge in [0.2, 0.25) is 0 Å². The van der Waals surface area contributed by atoms with Crippen LogP contribution in [0.5, 0.6) is 0 Å². The molecule has 5 heteroatoms. The molecule has 0 saturated carbocycles. The minimum Gasteiger partial charge on any atom is -0.374 e. The van der Waals surface area contributed by atoms with E-state index < -0.39 is 11.8 Å². The fourth-order valence-electron chi connectivity index (χ4n) is 3.18. The van der Waals surface area contributed by atoms with Gasteiger partial charge in [0, 0.05) is 12.0 Å². The topological polar surface area (TPSA) is 66.8 Å². The molecule has 120 valence electrons. The summed E-state index contributed by atoms with van der Waals surface area (Å²) in [5.74, 6) is -1.37. The van der Waals surface area contributed by atoms with Gasteiger partial charge in [-0.2, -0.15) is 0 Å². The zero-order valence-electron chi connectivity index (χ0n) is 13.2. The lowest BCUT2D eigenvalue weighted by molar-refractivity contribution is -0.0377. The van der Waals surface area contributed by atoms with Crippen molar-refractivity contribution in [3.05, 3.63) is 47.0 Å². The van der Waals surface area contributed by atoms with Gasteiger partial charge in [0.05, 0.1) is 17.2 Å². The number of ether oxygens (including phenoxy) is 1. The van der Waals surface area contributed by atoms with Crippen LogP contribution in [0.3, 0.4) is 0 Å². The molecule has 3 rings (SSSR count). The summed E-state index contributed by atoms with van der Waals surface area (Å²) in [5.41, 5.74) is 1.66. The predicted molar refractivity (Wildman–Crippen MR) is 85.5 cm³/mol. The number of rotatable bonds is 5. The molecule has 1 unspecified atom stereocenters. The first-order valence-corrected chi connectivity index (χ1v) is 7.85. The Labute approximate surface area is 134 Å². The summed E-state index contributed by atoms with van der Waals surface area (Å²) < 4.78 is 5.85. The Morgan fingerprint density at radius 1 is 1.09 bits per heavy atom. The molecule has 0 aromatic heterocycles. The van der Waals surface area contributed by atoms with Gasteiger partial charge < -0.3 is 4.74 Å². The number of carbonyl (C=O) groups is 2. The summed E-state index contributed by atoms with van der Waals surface area (Å²) in [6.45, 7) is 4.63. The highest BCUT2D eigenvalue weighted by Gasteiger charge is 2.33. The standard InChI is InChI=1S/C18H19NO4/c1-3-6-15(23-4-2)11-9-10-14-16-12(11)7-5-8-13(16)17(20)19(22)18(14)21/h5,7-10,15,22H,3-4,6H2,1-2H3. The molecule has 2 amide bonds. The fraction of sp³-hybridized carbons (Fsp3) is 0.333. The summed E-state index contributed by atoms with van der Waals surface area (Å²) in [5, 5.41) is 11.3. The second kappa shape index (κ2) is 6.10. The number of benzene rings is 2. The molecule has 0 spiro atoms. The van der Waals surface area contributed by atoms with Crippen molar-refractivity contribution >= 4 is 22.6 Å². The van der Waals surface area contributed by atoms with E-state index in [0.29, 0.717) is 23.1 Å². The molecule has 0 bridgehead atoms. The number of carbonyl (C=O) groups excluding carboxylic acids is 2. The molecule has 1 aliphatic heterocycles. The summed E-state index contributed by atoms with van der Waals surface area (Å²) in [6, 6.07) is 8.82. The highest BCUT2D eigenvalue weighted by molar-refractivity contribution is 6.25. The molecule has 1 N–H and O–H groups in total. The second-order valence-corrected chi connectivity index (χ2v) is 5.59. The molecule has 5 nitrogen and oxygen atoms in total. The van der Waals surface area contributed by atoms with Gasteiger partial charge >= 0.3 is 0 Å². The van der Waals surface area contributed by atoms with Crippen molar-refractivity contribution in [1.29, 1.82) is 0 Å². The molecule has 1 aliphatic rings. The van der Waals surface area contributed by atoms with Crippen molar-refractivity contribution < 1.29 is 19.5 Å². The third-order valence-electron chi connectivity index (χ3n) is 4.19. The van der Waals surface area contributed by atoms with Gasteiger partial charge in [-0.25, -0.2) is 0 Å². The molecule has 0 radical (unpaired) electrons. The molecule has 0 saturated heterocycles. The lowest BCUT2D eigenvalue weighted by Crippen LogP contribution is -2.37. The van der Waals surface area contributed by atoms with Gasteiger partial charge in [-0.15, -0.1) is 5.06 Å². The lowest BCUT2D eigenvalue weighted by Gasteiger charge is -2.25. The quantitative estimate of drug-likeness (QED) is 0.675. The molecular formula is C18H19NO4. The molecular weight excluding hydrogens is 294 g/mol. The third-order valence-corrected chi connectivity index (χ3v) is 4.19. The lowest BCUT2D eigenvalue weighted by atomic mass is 9.89. The van der Waals surface area contributed by atoms with Crippen LogP contribution in [0.4, 0.5) is 0 Å². The molecule has 1 atom stereocenters. The van der Waals surface area contributed by atoms with Crippen LogP contribution < -0.4 is 0 Å². The Morgan fingerprint density at radius 2 is 1.78 bits per heavy atom. The average Bonchev–Trinajstić information content (AvgIpc) is 2.57. The van der Waals surface area contributed by atoms with Gasteiger partial charge in [-0.1, -0.05) is 31.5 Å². The maximum absolute atomic E-state index is 12.2. The normalized spacial score (nSPS) is 15.3. The van der Waals surface area contributed by atoms with Crippen LogP contribution in [0.15, 0.2) is 30.3 Å². The second-order valence-electron chi connectivity index (χ2n) is 5.59. The Kier molecular flexibility index (Phi) is 4.15. The van der Waals surface area contributed by atoms with Crippen molar-refractivity contribution in [3.63, 3.8) is 0 Å². The van der Waals surface area contributed by atoms with E-state index in [9.17, 15) is 14.8 Å². The van der Waals surface area contributed by atoms with E-state index in [4.69, 9.17) is 4.74 Å². The number of hydrogen-bond acceptors (Lipinski definition) is 4. The number of nitrogens with zero attached hydrogens (tertiary/aromatic N) is 1. The van der Waals surface area contributed by atoms with Crippen molar-refractivity contribution in [2.45, 2.75) is 32.8 Å². The zero-order valence-corrected chi connectivity index (χ0v) is 13.2. The van der Waals surface area contributed by atoms with Gasteiger partial charge in [-0.3, -0.25) is 14.8 Å². The smallest absolute Gasteiger partial charge is 0.285 e. The highest BCUT2D eigenvalue weighted by atomic mass is 16.5. The highest BCUT2D eigenvalue weighted by Crippen LogP contribution is 2.36. The SMILES string of the molecule is CCCC(OCC)c1ccc2c3c(cccc13)C(=O)N(O)C2=O. The van der Waals surface area contributed by atoms with E-state index in [1.54, 1.807) is 18.2 Å². The average molecular weight is 313 g/mol. The Hall–Kier alpha value is -2.24. The Balaban J connectivity index is 2.26. The van der Waals surface area contributed by atoms with Crippen LogP contribution in [0, 0.1) is 0 Å². The Morgan fingerprint density at radius 3 is 2.43 bits per heavy atom. The van der Waals surface area contributed by atoms with Gasteiger partial charge in [-0.05, 0) is 36.4 Å². The van der Waals surface area contributed by atoms with Crippen molar-refractivity contribution in [1.82, 2.24) is 5.06 Å². The van der Waals surface area contributed by atoms with Crippen LogP contribution in [-0.2, 0) is 4.74 Å². The molecule has 0 fully saturated rings. The van der Waals surface area contributed by atoms with E-state index in [2.05, 4.69) is 6.92 Å². The number of amides is 2. The van der Waals surface area contributed by atoms with Gasteiger partial charge in [0.15, 0.2) is 0 Å². The minimum atomic E-state index is -0.686. The first kappa shape index (κ1) is 15.6. The zero-order chi connectivity index (χ0) is 16.6. The maximum Gasteiger partial charge on any atom is 0.285 e. The monoisotopic (exact) mass is 313 g/mol. The molecule has 2 aromatic carbocycles. The van der Waals surface area contributed by atoms with Gasteiger partial charge in [0.1, 0.15) is 0 Å². The first-order chi connectivity index (χ1) is 11.1. The Bertz CT molecular complexity index is 756. The summed E-state index contributed by atoms with van der Waals surface area (Å²) in [6.07, 6.45) is 1.75. The van der Waals surface area contributed by atoms with E-state index in [1.165, 1.54) is 0 Å². The van der Waals surface area contributed by atoms with E-state index in [-0.39, 0.29) is 11.2 Å². The summed E-state index contributed by atoms with van der Waals surface area (Å²) >= 11 is 0. The van der Waals surface area contributed by atoms with E-state index in [0.717, 1.165) is 23.8 Å². The van der Waals surface area contributed by atoms with Gasteiger partial charge in [0.25, 0.3) is 11.8 Å². The van der Waals surface area contributed by atoms with E-state index in [1.807, 2.05) is 19.1 Å². The van der Waals surface area contributed by atoms with Crippen LogP contribution >= 0.6 is 0 Å². The number of imide groups is 1. The molecule has 0 aliphatic carbocycles. The minimum absolute atomic E-state index is 0.0772. The van der Waals surface area contributed by atoms with Crippen LogP contribution in [0.1, 0.15) is 59.1 Å². The number of hydroxylamine groups is 2. The number of hydrogen-bond donors (Lipinski definition) is 1. The van der Waals surface area contributed by atoms with Crippen LogP contribution in [-0.4, -0.2) is 28.7 Å². The molecule has 1 heterocycles. The van der Waals surface area contributed by atoms with Crippen LogP contribution in [0.2, 0.25) is 0 Å².